The minimum Gasteiger partial charge on any atom is -0.508 e. The van der Waals surface area contributed by atoms with Crippen molar-refractivity contribution < 1.29 is 5.11 Å². The van der Waals surface area contributed by atoms with Gasteiger partial charge in [-0.25, -0.2) is 0 Å². The maximum absolute atomic E-state index is 9.28. The highest BCUT2D eigenvalue weighted by molar-refractivity contribution is 5.82. The Bertz CT molecular complexity index is 797. The Morgan fingerprint density at radius 3 is 2.50 bits per heavy atom. The smallest absolute Gasteiger partial charge is 0.115 e. The number of aromatic amines is 1. The fraction of sp³-hybridized carbons (Fsp3) is 0. The molecule has 0 atom stereocenters. The number of nitrogens with one attached hydrogen (secondary N) is 1. The summed E-state index contributed by atoms with van der Waals surface area (Å²) < 4.78 is 0. The van der Waals surface area contributed by atoms with E-state index in [2.05, 4.69) is 23.7 Å². The molecule has 18 heavy (non-hydrogen) atoms. The number of hydrogen-bond acceptors (Lipinski definition) is 1. The third-order valence-electron chi connectivity index (χ3n) is 3.03. The van der Waals surface area contributed by atoms with Gasteiger partial charge in [-0.1, -0.05) is 36.9 Å². The van der Waals surface area contributed by atoms with Gasteiger partial charge < -0.3 is 10.1 Å². The fourth-order valence-electron chi connectivity index (χ4n) is 2.12. The predicted octanol–water partition coefficient (Wildman–Crippen LogP) is 2.11. The molecule has 0 aliphatic rings. The quantitative estimate of drug-likeness (QED) is 0.666. The summed E-state index contributed by atoms with van der Waals surface area (Å²) in [6, 6.07) is 15.3. The first-order chi connectivity index (χ1) is 8.74. The molecule has 0 fully saturated rings. The molecule has 3 aromatic rings. The van der Waals surface area contributed by atoms with Crippen LogP contribution >= 0.6 is 0 Å². The zero-order valence-corrected chi connectivity index (χ0v) is 9.85. The molecule has 0 unspecified atom stereocenters. The molecule has 2 aromatic carbocycles. The van der Waals surface area contributed by atoms with E-state index in [1.165, 1.54) is 0 Å². The lowest BCUT2D eigenvalue weighted by Gasteiger charge is -1.93. The first-order valence-electron chi connectivity index (χ1n) is 5.80. The Labute approximate surface area is 105 Å². The van der Waals surface area contributed by atoms with Gasteiger partial charge in [-0.05, 0) is 29.8 Å². The number of aromatic hydroxyl groups is 1. The second kappa shape index (κ2) is 4.08. The van der Waals surface area contributed by atoms with E-state index >= 15 is 0 Å². The molecule has 0 radical (unpaired) electrons. The summed E-state index contributed by atoms with van der Waals surface area (Å²) in [6.07, 6.45) is 2.07. The Hall–Kier alpha value is -2.48. The Morgan fingerprint density at radius 1 is 1.00 bits per heavy atom. The van der Waals surface area contributed by atoms with E-state index in [4.69, 9.17) is 0 Å². The first kappa shape index (κ1) is 10.7. The van der Waals surface area contributed by atoms with Crippen LogP contribution in [0.5, 0.6) is 5.75 Å². The van der Waals surface area contributed by atoms with Crippen LogP contribution in [0.3, 0.4) is 0 Å². The molecule has 2 heteroatoms. The average molecular weight is 235 g/mol. The maximum Gasteiger partial charge on any atom is 0.115 e. The molecule has 0 aliphatic heterocycles. The molecule has 1 aromatic heterocycles. The van der Waals surface area contributed by atoms with Crippen molar-refractivity contribution in [2.24, 2.45) is 0 Å². The SMILES string of the molecule is C=c1[nH]c2ccccc2/c1=C\c1ccc(O)cc1. The van der Waals surface area contributed by atoms with Crippen molar-refractivity contribution in [3.05, 3.63) is 64.7 Å². The summed E-state index contributed by atoms with van der Waals surface area (Å²) in [4.78, 5) is 3.27. The molecule has 2 nitrogen and oxygen atoms in total. The summed E-state index contributed by atoms with van der Waals surface area (Å²) in [5.41, 5.74) is 2.13. The van der Waals surface area contributed by atoms with E-state index in [0.29, 0.717) is 0 Å². The van der Waals surface area contributed by atoms with Gasteiger partial charge in [0.15, 0.2) is 0 Å². The summed E-state index contributed by atoms with van der Waals surface area (Å²) in [7, 11) is 0. The minimum absolute atomic E-state index is 0.279. The number of H-pyrrole nitrogens is 1. The number of para-hydroxylation sites is 1. The van der Waals surface area contributed by atoms with Crippen LogP contribution in [0.1, 0.15) is 5.56 Å². The number of fused-ring (bicyclic) bond motifs is 1. The molecule has 0 aliphatic carbocycles. The second-order valence-electron chi connectivity index (χ2n) is 4.30. The molecule has 0 saturated carbocycles. The minimum atomic E-state index is 0.279. The molecule has 2 N–H and O–H groups in total. The van der Waals surface area contributed by atoms with Crippen LogP contribution in [-0.4, -0.2) is 10.1 Å². The largest absolute Gasteiger partial charge is 0.508 e. The molecular formula is C16H13NO. The van der Waals surface area contributed by atoms with Crippen LogP contribution in [0.25, 0.3) is 23.6 Å². The molecule has 0 bridgehead atoms. The van der Waals surface area contributed by atoms with E-state index in [1.807, 2.05) is 30.3 Å². The first-order valence-corrected chi connectivity index (χ1v) is 5.80. The normalized spacial score (nSPS) is 12.1. The van der Waals surface area contributed by atoms with Crippen molar-refractivity contribution >= 4 is 23.6 Å². The Kier molecular flexibility index (Phi) is 2.41. The lowest BCUT2D eigenvalue weighted by molar-refractivity contribution is 0.475. The van der Waals surface area contributed by atoms with Crippen LogP contribution in [0.4, 0.5) is 0 Å². The summed E-state index contributed by atoms with van der Waals surface area (Å²) >= 11 is 0. The van der Waals surface area contributed by atoms with Crippen molar-refractivity contribution in [2.45, 2.75) is 0 Å². The van der Waals surface area contributed by atoms with Crippen molar-refractivity contribution in [1.82, 2.24) is 4.98 Å². The number of phenolic OH excluding ortho intramolecular Hbond substituents is 1. The van der Waals surface area contributed by atoms with E-state index in [0.717, 1.165) is 27.0 Å². The van der Waals surface area contributed by atoms with Crippen LogP contribution < -0.4 is 10.6 Å². The molecule has 0 spiro atoms. The lowest BCUT2D eigenvalue weighted by Crippen LogP contribution is -2.20. The average Bonchev–Trinajstić information content (AvgIpc) is 2.69. The fourth-order valence-corrected chi connectivity index (χ4v) is 2.12. The standard InChI is InChI=1S/C16H13NO/c1-11-15(10-12-6-8-13(18)9-7-12)14-4-2-3-5-16(14)17-11/h2-10,17-18H,1H2/b15-10-. The molecule has 0 amide bonds. The van der Waals surface area contributed by atoms with Crippen LogP contribution in [-0.2, 0) is 0 Å². The van der Waals surface area contributed by atoms with Gasteiger partial charge >= 0.3 is 0 Å². The number of phenols is 1. The topological polar surface area (TPSA) is 36.0 Å². The van der Waals surface area contributed by atoms with Crippen LogP contribution in [0.2, 0.25) is 0 Å². The van der Waals surface area contributed by atoms with E-state index in [9.17, 15) is 5.11 Å². The van der Waals surface area contributed by atoms with Crippen molar-refractivity contribution in [2.75, 3.05) is 0 Å². The number of benzene rings is 2. The van der Waals surface area contributed by atoms with Crippen LogP contribution in [0.15, 0.2) is 48.5 Å². The summed E-state index contributed by atoms with van der Waals surface area (Å²) in [5, 5.41) is 12.4. The van der Waals surface area contributed by atoms with Gasteiger partial charge in [0, 0.05) is 21.5 Å². The number of aromatic nitrogens is 1. The monoisotopic (exact) mass is 235 g/mol. The van der Waals surface area contributed by atoms with E-state index < -0.39 is 0 Å². The number of hydrogen-bond donors (Lipinski definition) is 2. The third-order valence-corrected chi connectivity index (χ3v) is 3.03. The van der Waals surface area contributed by atoms with Gasteiger partial charge in [-0.2, -0.15) is 0 Å². The molecular weight excluding hydrogens is 222 g/mol. The zero-order chi connectivity index (χ0) is 12.5. The lowest BCUT2D eigenvalue weighted by atomic mass is 10.1. The van der Waals surface area contributed by atoms with Gasteiger partial charge in [-0.3, -0.25) is 0 Å². The van der Waals surface area contributed by atoms with Crippen molar-refractivity contribution in [3.63, 3.8) is 0 Å². The third kappa shape index (κ3) is 1.78. The van der Waals surface area contributed by atoms with Gasteiger partial charge in [0.1, 0.15) is 5.75 Å². The molecule has 88 valence electrons. The van der Waals surface area contributed by atoms with Gasteiger partial charge in [0.2, 0.25) is 0 Å². The van der Waals surface area contributed by atoms with Crippen molar-refractivity contribution in [3.8, 4) is 5.75 Å². The summed E-state index contributed by atoms with van der Waals surface area (Å²) in [5.74, 6) is 0.279. The van der Waals surface area contributed by atoms with Gasteiger partial charge in [-0.15, -0.1) is 0 Å². The second-order valence-corrected chi connectivity index (χ2v) is 4.30. The molecule has 1 heterocycles. The zero-order valence-electron chi connectivity index (χ0n) is 9.85. The van der Waals surface area contributed by atoms with Crippen LogP contribution in [0, 0.1) is 0 Å². The highest BCUT2D eigenvalue weighted by atomic mass is 16.3. The van der Waals surface area contributed by atoms with E-state index in [-0.39, 0.29) is 5.75 Å². The van der Waals surface area contributed by atoms with Gasteiger partial charge in [0.05, 0.1) is 0 Å². The Balaban J connectivity index is 2.28. The highest BCUT2D eigenvalue weighted by Gasteiger charge is 1.98. The molecule has 3 rings (SSSR count). The predicted molar refractivity (Wildman–Crippen MR) is 74.7 cm³/mol. The maximum atomic E-state index is 9.28. The summed E-state index contributed by atoms with van der Waals surface area (Å²) in [6.45, 7) is 4.04. The highest BCUT2D eigenvalue weighted by Crippen LogP contribution is 2.10. The molecule has 0 saturated heterocycles. The van der Waals surface area contributed by atoms with E-state index in [1.54, 1.807) is 12.1 Å². The van der Waals surface area contributed by atoms with Gasteiger partial charge in [0.25, 0.3) is 0 Å². The number of rotatable bonds is 1. The Morgan fingerprint density at radius 2 is 1.72 bits per heavy atom. The van der Waals surface area contributed by atoms with Crippen molar-refractivity contribution in [1.29, 1.82) is 0 Å².